The van der Waals surface area contributed by atoms with Gasteiger partial charge in [0.2, 0.25) is 6.79 Å². The van der Waals surface area contributed by atoms with E-state index in [9.17, 15) is 0 Å². The molecule has 0 saturated carbocycles. The highest BCUT2D eigenvalue weighted by molar-refractivity contribution is 7.10. The lowest BCUT2D eigenvalue weighted by Gasteiger charge is -2.13. The maximum Gasteiger partial charge on any atom is 0.230 e. The van der Waals surface area contributed by atoms with Crippen molar-refractivity contribution < 1.29 is 22.7 Å². The molecule has 1 aliphatic heterocycles. The van der Waals surface area contributed by atoms with E-state index in [0.29, 0.717) is 101 Å². The van der Waals surface area contributed by atoms with Crippen LogP contribution in [0, 0.1) is 11.8 Å². The first-order chi connectivity index (χ1) is 41.5. The molecule has 502 valence electrons. The van der Waals surface area contributed by atoms with E-state index in [4.69, 9.17) is 22.7 Å². The third-order valence-corrected chi connectivity index (χ3v) is 17.8. The fraction of sp³-hybridized carbons (Fsp3) is 0.645. The monoisotopic (exact) mass is 1280 g/mol. The van der Waals surface area contributed by atoms with Crippen molar-refractivity contribution in [1.29, 1.82) is 0 Å². The molecule has 7 aromatic heterocycles. The molecule has 0 amide bonds. The van der Waals surface area contributed by atoms with Gasteiger partial charge in [-0.05, 0) is 105 Å². The van der Waals surface area contributed by atoms with Crippen LogP contribution >= 0.6 is 34.0 Å². The van der Waals surface area contributed by atoms with Crippen molar-refractivity contribution in [1.82, 2.24) is 24.9 Å². The second-order valence-corrected chi connectivity index (χ2v) is 30.7. The van der Waals surface area contributed by atoms with Crippen LogP contribution in [0.5, 0.6) is 0 Å². The molecule has 0 aromatic carbocycles. The second kappa shape index (κ2) is 41.6. The Kier molecular flexibility index (Phi) is 38.4. The number of hydrogen-bond acceptors (Lipinski definition) is 13. The number of ether oxygens (including phenoxy) is 2. The summed E-state index contributed by atoms with van der Waals surface area (Å²) < 4.78 is 26.6. The van der Waals surface area contributed by atoms with Gasteiger partial charge in [-0.1, -0.05) is 228 Å². The summed E-state index contributed by atoms with van der Waals surface area (Å²) in [6.07, 6.45) is 6.72. The van der Waals surface area contributed by atoms with Crippen LogP contribution in [-0.4, -0.2) is 31.7 Å². The summed E-state index contributed by atoms with van der Waals surface area (Å²) in [7, 11) is 0. The maximum absolute atomic E-state index is 5.39. The smallest absolute Gasteiger partial charge is 0.230 e. The molecule has 0 unspecified atom stereocenters. The predicted molar refractivity (Wildman–Crippen MR) is 385 cm³/mol. The van der Waals surface area contributed by atoms with Crippen LogP contribution in [-0.2, 0) is 9.47 Å². The number of thiazole rings is 2. The number of aromatic nitrogens is 5. The number of allylic oxidation sites excluding steroid dienone is 2. The normalized spacial score (nSPS) is 12.2. The molecular formula is C76H125N5O5S3. The molecule has 0 radical (unpaired) electrons. The van der Waals surface area contributed by atoms with Crippen LogP contribution in [0.1, 0.15) is 381 Å². The summed E-state index contributed by atoms with van der Waals surface area (Å²) in [5, 5.41) is 2.20. The summed E-state index contributed by atoms with van der Waals surface area (Å²) in [4.78, 5) is 25.9. The summed E-state index contributed by atoms with van der Waals surface area (Å²) >= 11 is 5.44. The Bertz CT molecular complexity index is 2390. The van der Waals surface area contributed by atoms with E-state index in [0.717, 1.165) is 40.2 Å². The van der Waals surface area contributed by atoms with E-state index in [1.807, 2.05) is 34.6 Å². The lowest BCUT2D eigenvalue weighted by Crippen LogP contribution is -2.00. The topological polar surface area (TPSA) is 122 Å². The Labute approximate surface area is 555 Å². The zero-order valence-electron chi connectivity index (χ0n) is 61.8. The Morgan fingerprint density at radius 3 is 0.955 bits per heavy atom. The molecule has 13 heteroatoms. The van der Waals surface area contributed by atoms with Gasteiger partial charge in [-0.3, -0.25) is 4.98 Å². The number of thiophene rings is 1. The highest BCUT2D eigenvalue weighted by Crippen LogP contribution is 2.34. The molecule has 0 bridgehead atoms. The van der Waals surface area contributed by atoms with Crippen LogP contribution < -0.4 is 0 Å². The maximum atomic E-state index is 5.39. The highest BCUT2D eigenvalue weighted by atomic mass is 32.1. The fourth-order valence-corrected chi connectivity index (χ4v) is 12.7. The van der Waals surface area contributed by atoms with Crippen LogP contribution in [0.2, 0.25) is 0 Å². The van der Waals surface area contributed by atoms with Crippen molar-refractivity contribution in [2.24, 2.45) is 11.8 Å². The molecule has 0 spiro atoms. The van der Waals surface area contributed by atoms with E-state index in [2.05, 4.69) is 270 Å². The van der Waals surface area contributed by atoms with Crippen LogP contribution in [0.25, 0.3) is 0 Å². The highest BCUT2D eigenvalue weighted by Gasteiger charge is 2.23. The first-order valence-electron chi connectivity index (χ1n) is 33.3. The Morgan fingerprint density at radius 1 is 0.303 bits per heavy atom. The summed E-state index contributed by atoms with van der Waals surface area (Å²) in [5.74, 6) is 13.9. The number of hydrogen-bond donors (Lipinski definition) is 0. The molecule has 89 heavy (non-hydrogen) atoms. The quantitative estimate of drug-likeness (QED) is 0.0924. The Hall–Kier alpha value is -4.85. The molecule has 8 heterocycles. The number of oxazole rings is 2. The molecular weight excluding hydrogens is 1160 g/mol. The molecule has 8 rings (SSSR count). The van der Waals surface area contributed by atoms with Gasteiger partial charge in [-0.2, -0.15) is 0 Å². The predicted octanol–water partition coefficient (Wildman–Crippen LogP) is 26.0. The first kappa shape index (κ1) is 82.2. The van der Waals surface area contributed by atoms with Gasteiger partial charge in [0.05, 0.1) is 40.1 Å². The van der Waals surface area contributed by atoms with Crippen molar-refractivity contribution >= 4 is 34.0 Å². The van der Waals surface area contributed by atoms with E-state index < -0.39 is 0 Å². The zero-order chi connectivity index (χ0) is 68.2. The van der Waals surface area contributed by atoms with E-state index in [1.54, 1.807) is 33.8 Å². The fourth-order valence-electron chi connectivity index (χ4n) is 9.67. The minimum atomic E-state index is 0.404. The van der Waals surface area contributed by atoms with Crippen molar-refractivity contribution in [2.75, 3.05) is 6.79 Å². The lowest BCUT2D eigenvalue weighted by molar-refractivity contribution is 0.0593. The molecule has 0 atom stereocenters. The summed E-state index contributed by atoms with van der Waals surface area (Å²) in [6, 6.07) is 8.51. The third-order valence-electron chi connectivity index (χ3n) is 14.3. The van der Waals surface area contributed by atoms with E-state index in [1.165, 1.54) is 56.3 Å². The standard InChI is InChI=1S/C11H17N.C10H16O.C10H16S.2C9H15NO.2C9H15NS.C9H16O2/c1-8(2)10-6-5-7-12-11(10)9(3)4;2*1-7(2)9-5-6-11-10(9)8(3)4;5*1-6(2)8-9(7(3)4)11-5-10-8/h5-9H,1-4H3;2*5-8H,1-4H3;4*5-7H,1-4H3;6-7H,5H2,1-4H3. The lowest BCUT2D eigenvalue weighted by atomic mass is 9.96. The van der Waals surface area contributed by atoms with Gasteiger partial charge >= 0.3 is 0 Å². The molecule has 0 saturated heterocycles. The van der Waals surface area contributed by atoms with Crippen molar-refractivity contribution in [3.05, 3.63) is 155 Å². The summed E-state index contributed by atoms with van der Waals surface area (Å²) in [5.41, 5.74) is 14.2. The second-order valence-electron chi connectivity index (χ2n) is 28.0. The van der Waals surface area contributed by atoms with Crippen LogP contribution in [0.3, 0.4) is 0 Å². The molecule has 10 nitrogen and oxygen atoms in total. The van der Waals surface area contributed by atoms with Gasteiger partial charge in [0, 0.05) is 56.1 Å². The SMILES string of the molecule is CC(C)C1=C(C(C)C)OCO1.CC(C)c1cccnc1C(C)C.CC(C)c1ccoc1C(C)C.CC(C)c1ccsc1C(C)C.CC(C)c1ncoc1C(C)C.CC(C)c1ncoc1C(C)C.CC(C)c1ncsc1C(C)C.CC(C)c1ncsc1C(C)C. The van der Waals surface area contributed by atoms with Gasteiger partial charge in [-0.15, -0.1) is 34.0 Å². The van der Waals surface area contributed by atoms with Crippen molar-refractivity contribution in [2.45, 2.75) is 304 Å². The summed E-state index contributed by atoms with van der Waals surface area (Å²) in [6.45, 7) is 70.1. The number of nitrogens with zero attached hydrogens (tertiary/aromatic N) is 5. The van der Waals surface area contributed by atoms with E-state index >= 15 is 0 Å². The van der Waals surface area contributed by atoms with Gasteiger partial charge in [-0.25, -0.2) is 19.9 Å². The van der Waals surface area contributed by atoms with Crippen LogP contribution in [0.15, 0.2) is 90.7 Å². The number of pyridine rings is 1. The first-order valence-corrected chi connectivity index (χ1v) is 36.0. The van der Waals surface area contributed by atoms with Gasteiger partial charge in [0.15, 0.2) is 12.8 Å². The molecule has 1 aliphatic rings. The Morgan fingerprint density at radius 2 is 0.685 bits per heavy atom. The third kappa shape index (κ3) is 27.9. The minimum Gasteiger partial charge on any atom is -0.469 e. The minimum absolute atomic E-state index is 0.404. The van der Waals surface area contributed by atoms with Crippen LogP contribution in [0.4, 0.5) is 0 Å². The average Bonchev–Trinajstić information content (AvgIpc) is 4.33. The number of furan rings is 1. The molecule has 7 aromatic rings. The van der Waals surface area contributed by atoms with Crippen molar-refractivity contribution in [3.8, 4) is 0 Å². The van der Waals surface area contributed by atoms with Crippen molar-refractivity contribution in [3.63, 3.8) is 0 Å². The Balaban J connectivity index is 0.000000509. The number of rotatable bonds is 16. The van der Waals surface area contributed by atoms with E-state index in [-0.39, 0.29) is 0 Å². The molecule has 0 N–H and O–H groups in total. The largest absolute Gasteiger partial charge is 0.469 e. The van der Waals surface area contributed by atoms with Gasteiger partial charge < -0.3 is 22.7 Å². The van der Waals surface area contributed by atoms with Gasteiger partial charge in [0.1, 0.15) is 28.8 Å². The molecule has 0 aliphatic carbocycles. The average molecular weight is 1290 g/mol. The van der Waals surface area contributed by atoms with Gasteiger partial charge in [0.25, 0.3) is 0 Å². The molecule has 0 fully saturated rings. The zero-order valence-corrected chi connectivity index (χ0v) is 64.2.